The van der Waals surface area contributed by atoms with Crippen molar-refractivity contribution in [3.05, 3.63) is 0 Å². The lowest BCUT2D eigenvalue weighted by Gasteiger charge is -2.53. The van der Waals surface area contributed by atoms with Gasteiger partial charge >= 0.3 is 0 Å². The summed E-state index contributed by atoms with van der Waals surface area (Å²) in [5.41, 5.74) is -0.110. The molecule has 0 bridgehead atoms. The normalized spacial score (nSPS) is 32.5. The van der Waals surface area contributed by atoms with Crippen LogP contribution in [0.4, 0.5) is 0 Å². The molecule has 6 heteroatoms. The summed E-state index contributed by atoms with van der Waals surface area (Å²) in [6.45, 7) is 5.04. The molecule has 124 valence electrons. The van der Waals surface area contributed by atoms with E-state index in [-0.39, 0.29) is 24.0 Å². The van der Waals surface area contributed by atoms with Gasteiger partial charge in [0.05, 0.1) is 19.7 Å². The molecule has 3 aliphatic rings. The number of rotatable bonds is 5. The van der Waals surface area contributed by atoms with Gasteiger partial charge in [0.1, 0.15) is 12.2 Å². The Morgan fingerprint density at radius 3 is 2.68 bits per heavy atom. The molecule has 0 aromatic rings. The minimum Gasteiger partial charge on any atom is -0.375 e. The number of nitrogens with zero attached hydrogens (tertiary/aromatic N) is 1. The highest BCUT2D eigenvalue weighted by atomic mass is 16.5. The Bertz CT molecular complexity index is 437. The standard InChI is InChI=1S/C16H26N2O4/c1-11-5-13(11)15(20)18-9-16(10-18)4-3-12(7-22-16)6-17-14(19)8-21-2/h11-13H,3-10H2,1-2H3,(H,17,19)/t11-,12+,13-/m1/s1. The van der Waals surface area contributed by atoms with Crippen LogP contribution in [0.5, 0.6) is 0 Å². The molecule has 0 aromatic heterocycles. The van der Waals surface area contributed by atoms with Crippen molar-refractivity contribution in [2.24, 2.45) is 17.8 Å². The van der Waals surface area contributed by atoms with Gasteiger partial charge in [0.2, 0.25) is 11.8 Å². The van der Waals surface area contributed by atoms with Gasteiger partial charge in [-0.1, -0.05) is 6.92 Å². The fraction of sp³-hybridized carbons (Fsp3) is 0.875. The van der Waals surface area contributed by atoms with E-state index >= 15 is 0 Å². The molecule has 1 aliphatic carbocycles. The summed E-state index contributed by atoms with van der Waals surface area (Å²) < 4.78 is 10.8. The molecule has 2 aliphatic heterocycles. The van der Waals surface area contributed by atoms with Gasteiger partial charge < -0.3 is 19.7 Å². The number of carbonyl (C=O) groups excluding carboxylic acids is 2. The first-order valence-corrected chi connectivity index (χ1v) is 8.21. The molecule has 22 heavy (non-hydrogen) atoms. The number of likely N-dealkylation sites (tertiary alicyclic amines) is 1. The second-order valence-electron chi connectivity index (χ2n) is 7.15. The quantitative estimate of drug-likeness (QED) is 0.799. The zero-order valence-electron chi connectivity index (χ0n) is 13.5. The van der Waals surface area contributed by atoms with Crippen LogP contribution in [0.1, 0.15) is 26.2 Å². The van der Waals surface area contributed by atoms with Crippen LogP contribution >= 0.6 is 0 Å². The maximum Gasteiger partial charge on any atom is 0.245 e. The van der Waals surface area contributed by atoms with Crippen molar-refractivity contribution >= 4 is 11.8 Å². The molecule has 0 radical (unpaired) electrons. The zero-order valence-corrected chi connectivity index (χ0v) is 13.5. The van der Waals surface area contributed by atoms with Crippen molar-refractivity contribution in [1.29, 1.82) is 0 Å². The fourth-order valence-corrected chi connectivity index (χ4v) is 3.47. The second kappa shape index (κ2) is 6.16. The van der Waals surface area contributed by atoms with Gasteiger partial charge in [-0.25, -0.2) is 0 Å². The van der Waals surface area contributed by atoms with Crippen LogP contribution in [0.2, 0.25) is 0 Å². The van der Waals surface area contributed by atoms with E-state index in [1.807, 2.05) is 4.90 Å². The molecule has 2 amide bonds. The number of hydrogen-bond acceptors (Lipinski definition) is 4. The van der Waals surface area contributed by atoms with Crippen molar-refractivity contribution in [3.8, 4) is 0 Å². The monoisotopic (exact) mass is 310 g/mol. The fourth-order valence-electron chi connectivity index (χ4n) is 3.47. The average molecular weight is 310 g/mol. The van der Waals surface area contributed by atoms with Gasteiger partial charge in [-0.15, -0.1) is 0 Å². The summed E-state index contributed by atoms with van der Waals surface area (Å²) in [4.78, 5) is 25.5. The van der Waals surface area contributed by atoms with Crippen molar-refractivity contribution in [1.82, 2.24) is 10.2 Å². The average Bonchev–Trinajstić information content (AvgIpc) is 3.20. The van der Waals surface area contributed by atoms with Gasteiger partial charge in [0, 0.05) is 19.6 Å². The zero-order chi connectivity index (χ0) is 15.7. The summed E-state index contributed by atoms with van der Waals surface area (Å²) in [7, 11) is 1.51. The third-order valence-electron chi connectivity index (χ3n) is 5.19. The highest BCUT2D eigenvalue weighted by Crippen LogP contribution is 2.43. The molecule has 1 saturated carbocycles. The Morgan fingerprint density at radius 2 is 2.14 bits per heavy atom. The first-order chi connectivity index (χ1) is 10.5. The van der Waals surface area contributed by atoms with Crippen LogP contribution in [0.3, 0.4) is 0 Å². The summed E-state index contributed by atoms with van der Waals surface area (Å²) in [6.07, 6.45) is 3.06. The minimum atomic E-state index is -0.110. The molecular formula is C16H26N2O4. The van der Waals surface area contributed by atoms with Gasteiger partial charge in [-0.05, 0) is 31.1 Å². The Labute approximate surface area is 131 Å². The van der Waals surface area contributed by atoms with E-state index in [4.69, 9.17) is 9.47 Å². The maximum atomic E-state index is 12.1. The van der Waals surface area contributed by atoms with Crippen LogP contribution in [-0.4, -0.2) is 62.3 Å². The third kappa shape index (κ3) is 3.27. The van der Waals surface area contributed by atoms with Crippen LogP contribution in [0.25, 0.3) is 0 Å². The molecule has 2 saturated heterocycles. The SMILES string of the molecule is COCC(=O)NC[C@@H]1CCC2(CN(C(=O)[C@@H]3C[C@H]3C)C2)OC1. The molecule has 6 nitrogen and oxygen atoms in total. The topological polar surface area (TPSA) is 67.9 Å². The van der Waals surface area contributed by atoms with E-state index in [1.165, 1.54) is 7.11 Å². The molecule has 3 fully saturated rings. The number of ether oxygens (including phenoxy) is 2. The minimum absolute atomic E-state index is 0.0817. The molecule has 1 N–H and O–H groups in total. The highest BCUT2D eigenvalue weighted by Gasteiger charge is 2.52. The van der Waals surface area contributed by atoms with E-state index in [0.717, 1.165) is 32.4 Å². The summed E-state index contributed by atoms with van der Waals surface area (Å²) in [5.74, 6) is 1.43. The van der Waals surface area contributed by atoms with Crippen LogP contribution in [0.15, 0.2) is 0 Å². The number of carbonyl (C=O) groups is 2. The Hall–Kier alpha value is -1.14. The van der Waals surface area contributed by atoms with Gasteiger partial charge in [0.15, 0.2) is 0 Å². The lowest BCUT2D eigenvalue weighted by molar-refractivity contribution is -0.189. The lowest BCUT2D eigenvalue weighted by atomic mass is 9.82. The van der Waals surface area contributed by atoms with Crippen molar-refractivity contribution in [2.75, 3.05) is 40.0 Å². The molecule has 1 spiro atoms. The van der Waals surface area contributed by atoms with Crippen LogP contribution in [-0.2, 0) is 19.1 Å². The van der Waals surface area contributed by atoms with Gasteiger partial charge in [0.25, 0.3) is 0 Å². The summed E-state index contributed by atoms with van der Waals surface area (Å²) in [6, 6.07) is 0. The lowest BCUT2D eigenvalue weighted by Crippen LogP contribution is -2.66. The molecule has 2 heterocycles. The van der Waals surface area contributed by atoms with E-state index in [0.29, 0.717) is 30.9 Å². The molecule has 3 rings (SSSR count). The number of amides is 2. The predicted octanol–water partition coefficient (Wildman–Crippen LogP) is 0.413. The van der Waals surface area contributed by atoms with E-state index in [9.17, 15) is 9.59 Å². The summed E-state index contributed by atoms with van der Waals surface area (Å²) >= 11 is 0. The second-order valence-corrected chi connectivity index (χ2v) is 7.15. The molecule has 0 aromatic carbocycles. The Morgan fingerprint density at radius 1 is 1.41 bits per heavy atom. The molecule has 0 unspecified atom stereocenters. The highest BCUT2D eigenvalue weighted by molar-refractivity contribution is 5.82. The number of hydrogen-bond donors (Lipinski definition) is 1. The maximum absolute atomic E-state index is 12.1. The van der Waals surface area contributed by atoms with Crippen molar-refractivity contribution in [3.63, 3.8) is 0 Å². The van der Waals surface area contributed by atoms with Gasteiger partial charge in [-0.3, -0.25) is 9.59 Å². The Balaban J connectivity index is 1.36. The number of nitrogens with one attached hydrogen (secondary N) is 1. The van der Waals surface area contributed by atoms with Crippen molar-refractivity contribution in [2.45, 2.75) is 31.8 Å². The number of methoxy groups -OCH3 is 1. The van der Waals surface area contributed by atoms with E-state index < -0.39 is 0 Å². The van der Waals surface area contributed by atoms with E-state index in [2.05, 4.69) is 12.2 Å². The third-order valence-corrected chi connectivity index (χ3v) is 5.19. The summed E-state index contributed by atoms with van der Waals surface area (Å²) in [5, 5.41) is 2.86. The van der Waals surface area contributed by atoms with Crippen LogP contribution in [0, 0.1) is 17.8 Å². The smallest absolute Gasteiger partial charge is 0.245 e. The predicted molar refractivity (Wildman–Crippen MR) is 80.1 cm³/mol. The first-order valence-electron chi connectivity index (χ1n) is 8.21. The largest absolute Gasteiger partial charge is 0.375 e. The van der Waals surface area contributed by atoms with E-state index in [1.54, 1.807) is 0 Å². The first kappa shape index (κ1) is 15.7. The van der Waals surface area contributed by atoms with Gasteiger partial charge in [-0.2, -0.15) is 0 Å². The van der Waals surface area contributed by atoms with Crippen molar-refractivity contribution < 1.29 is 19.1 Å². The molecular weight excluding hydrogens is 284 g/mol. The molecule has 3 atom stereocenters. The van der Waals surface area contributed by atoms with Crippen LogP contribution < -0.4 is 5.32 Å². The Kier molecular flexibility index (Phi) is 4.41.